The molecule has 0 spiro atoms. The molecule has 0 aromatic carbocycles. The number of ether oxygens (including phenoxy) is 2. The van der Waals surface area contributed by atoms with Gasteiger partial charge in [0.15, 0.2) is 5.92 Å². The summed E-state index contributed by atoms with van der Waals surface area (Å²) in [5.41, 5.74) is 0. The largest absolute Gasteiger partial charge is 0.465 e. The Morgan fingerprint density at radius 1 is 1.18 bits per heavy atom. The minimum atomic E-state index is -1.24. The number of hydrogen-bond acceptors (Lipinski definition) is 6. The van der Waals surface area contributed by atoms with Crippen LogP contribution in [-0.2, 0) is 19.1 Å². The summed E-state index contributed by atoms with van der Waals surface area (Å²) in [5.74, 6) is -3.55. The highest BCUT2D eigenvalue weighted by atomic mass is 16.6. The summed E-state index contributed by atoms with van der Waals surface area (Å²) >= 11 is 0. The van der Waals surface area contributed by atoms with Crippen molar-refractivity contribution in [3.63, 3.8) is 0 Å². The zero-order valence-corrected chi connectivity index (χ0v) is 10.2. The Morgan fingerprint density at radius 3 is 1.88 bits per heavy atom. The first-order chi connectivity index (χ1) is 7.93. The van der Waals surface area contributed by atoms with E-state index in [-0.39, 0.29) is 13.2 Å². The second-order valence-electron chi connectivity index (χ2n) is 3.47. The zero-order valence-electron chi connectivity index (χ0n) is 10.2. The second-order valence-corrected chi connectivity index (χ2v) is 3.47. The first-order valence-electron chi connectivity index (χ1n) is 5.39. The van der Waals surface area contributed by atoms with Crippen LogP contribution >= 0.6 is 0 Å². The molecule has 0 unspecified atom stereocenters. The maximum absolute atomic E-state index is 11.5. The molecular weight excluding hydrogens is 230 g/mol. The normalized spacial score (nSPS) is 12.0. The number of carbonyl (C=O) groups is 2. The van der Waals surface area contributed by atoms with E-state index in [0.29, 0.717) is 0 Å². The summed E-state index contributed by atoms with van der Waals surface area (Å²) in [7, 11) is 0. The van der Waals surface area contributed by atoms with Gasteiger partial charge < -0.3 is 9.47 Å². The molecule has 0 aliphatic heterocycles. The molecule has 0 fully saturated rings. The zero-order chi connectivity index (χ0) is 13.4. The standard InChI is InChI=1S/C10H17NO6/c1-4-16-9(12)8(10(13)17-5-2)7(3)6-11(14)15/h7-8H,4-6H2,1-3H3/t7-/m0/s1. The monoisotopic (exact) mass is 247 g/mol. The van der Waals surface area contributed by atoms with Gasteiger partial charge in [-0.05, 0) is 13.8 Å². The van der Waals surface area contributed by atoms with Crippen LogP contribution in [-0.4, -0.2) is 36.6 Å². The molecule has 0 aliphatic carbocycles. The van der Waals surface area contributed by atoms with E-state index in [1.807, 2.05) is 0 Å². The van der Waals surface area contributed by atoms with Gasteiger partial charge in [0.2, 0.25) is 6.54 Å². The van der Waals surface area contributed by atoms with Gasteiger partial charge in [-0.1, -0.05) is 6.92 Å². The number of nitrogens with zero attached hydrogens (tertiary/aromatic N) is 1. The fourth-order valence-corrected chi connectivity index (χ4v) is 1.37. The van der Waals surface area contributed by atoms with Crippen LogP contribution in [0.1, 0.15) is 20.8 Å². The summed E-state index contributed by atoms with van der Waals surface area (Å²) in [5, 5.41) is 10.4. The summed E-state index contributed by atoms with van der Waals surface area (Å²) in [6.07, 6.45) is 0. The smallest absolute Gasteiger partial charge is 0.320 e. The highest BCUT2D eigenvalue weighted by Gasteiger charge is 2.37. The van der Waals surface area contributed by atoms with Crippen molar-refractivity contribution in [2.75, 3.05) is 19.8 Å². The van der Waals surface area contributed by atoms with Crippen molar-refractivity contribution in [3.8, 4) is 0 Å². The van der Waals surface area contributed by atoms with Gasteiger partial charge >= 0.3 is 11.9 Å². The Bertz CT molecular complexity index is 273. The predicted molar refractivity (Wildman–Crippen MR) is 57.8 cm³/mol. The molecule has 7 nitrogen and oxygen atoms in total. The molecule has 98 valence electrons. The van der Waals surface area contributed by atoms with E-state index < -0.39 is 35.2 Å². The second kappa shape index (κ2) is 7.59. The van der Waals surface area contributed by atoms with E-state index in [1.165, 1.54) is 6.92 Å². The highest BCUT2D eigenvalue weighted by molar-refractivity contribution is 5.95. The van der Waals surface area contributed by atoms with Crippen molar-refractivity contribution in [2.45, 2.75) is 20.8 Å². The van der Waals surface area contributed by atoms with Crippen LogP contribution in [0, 0.1) is 22.0 Å². The predicted octanol–water partition coefficient (Wildman–Crippen LogP) is 0.642. The molecule has 0 rings (SSSR count). The van der Waals surface area contributed by atoms with Gasteiger partial charge in [-0.25, -0.2) is 0 Å². The van der Waals surface area contributed by atoms with E-state index in [1.54, 1.807) is 13.8 Å². The first-order valence-corrected chi connectivity index (χ1v) is 5.39. The van der Waals surface area contributed by atoms with Crippen molar-refractivity contribution < 1.29 is 24.0 Å². The Kier molecular flexibility index (Phi) is 6.85. The van der Waals surface area contributed by atoms with Crippen LogP contribution in [0.2, 0.25) is 0 Å². The van der Waals surface area contributed by atoms with Crippen LogP contribution in [0.25, 0.3) is 0 Å². The van der Waals surface area contributed by atoms with Gasteiger partial charge in [0.05, 0.1) is 13.2 Å². The van der Waals surface area contributed by atoms with Gasteiger partial charge in [0.25, 0.3) is 0 Å². The molecule has 0 aliphatic rings. The van der Waals surface area contributed by atoms with Crippen LogP contribution in [0.4, 0.5) is 0 Å². The average Bonchev–Trinajstić information content (AvgIpc) is 2.17. The summed E-state index contributed by atoms with van der Waals surface area (Å²) < 4.78 is 9.42. The lowest BCUT2D eigenvalue weighted by atomic mass is 9.94. The van der Waals surface area contributed by atoms with Crippen molar-refractivity contribution in [3.05, 3.63) is 10.1 Å². The van der Waals surface area contributed by atoms with Crippen molar-refractivity contribution in [1.82, 2.24) is 0 Å². The molecule has 0 heterocycles. The minimum absolute atomic E-state index is 0.111. The molecule has 0 aromatic rings. The van der Waals surface area contributed by atoms with Gasteiger partial charge in [-0.2, -0.15) is 0 Å². The number of rotatable bonds is 7. The minimum Gasteiger partial charge on any atom is -0.465 e. The van der Waals surface area contributed by atoms with Crippen LogP contribution in [0.15, 0.2) is 0 Å². The number of esters is 2. The van der Waals surface area contributed by atoms with Crippen LogP contribution < -0.4 is 0 Å². The Balaban J connectivity index is 4.76. The van der Waals surface area contributed by atoms with Crippen LogP contribution in [0.3, 0.4) is 0 Å². The first kappa shape index (κ1) is 15.3. The molecule has 0 aromatic heterocycles. The maximum Gasteiger partial charge on any atom is 0.320 e. The van der Waals surface area contributed by atoms with Crippen molar-refractivity contribution >= 4 is 11.9 Å². The number of carbonyl (C=O) groups excluding carboxylic acids is 2. The average molecular weight is 247 g/mol. The highest BCUT2D eigenvalue weighted by Crippen LogP contribution is 2.16. The lowest BCUT2D eigenvalue weighted by molar-refractivity contribution is -0.488. The van der Waals surface area contributed by atoms with E-state index in [2.05, 4.69) is 0 Å². The Morgan fingerprint density at radius 2 is 1.59 bits per heavy atom. The van der Waals surface area contributed by atoms with E-state index in [0.717, 1.165) is 0 Å². The molecule has 0 bridgehead atoms. The maximum atomic E-state index is 11.5. The topological polar surface area (TPSA) is 95.7 Å². The lowest BCUT2D eigenvalue weighted by Gasteiger charge is -2.17. The third kappa shape index (κ3) is 5.28. The molecule has 7 heteroatoms. The lowest BCUT2D eigenvalue weighted by Crippen LogP contribution is -2.36. The summed E-state index contributed by atoms with van der Waals surface area (Å²) in [6, 6.07) is 0. The number of hydrogen-bond donors (Lipinski definition) is 0. The van der Waals surface area contributed by atoms with Crippen molar-refractivity contribution in [2.24, 2.45) is 11.8 Å². The SMILES string of the molecule is CCOC(=O)C(C(=O)OCC)[C@@H](C)C[N+](=O)[O-]. The third-order valence-corrected chi connectivity index (χ3v) is 2.09. The third-order valence-electron chi connectivity index (χ3n) is 2.09. The van der Waals surface area contributed by atoms with E-state index in [9.17, 15) is 19.7 Å². The van der Waals surface area contributed by atoms with Crippen LogP contribution in [0.5, 0.6) is 0 Å². The summed E-state index contributed by atoms with van der Waals surface area (Å²) in [6.45, 7) is 4.38. The molecular formula is C10H17NO6. The molecule has 0 N–H and O–H groups in total. The van der Waals surface area contributed by atoms with E-state index in [4.69, 9.17) is 9.47 Å². The van der Waals surface area contributed by atoms with Crippen molar-refractivity contribution in [1.29, 1.82) is 0 Å². The Hall–Kier alpha value is -1.66. The molecule has 0 radical (unpaired) electrons. The fourth-order valence-electron chi connectivity index (χ4n) is 1.37. The Labute approximate surface area is 99.2 Å². The molecule has 0 amide bonds. The molecule has 17 heavy (non-hydrogen) atoms. The molecule has 0 saturated heterocycles. The van der Waals surface area contributed by atoms with Gasteiger partial charge in [-0.3, -0.25) is 19.7 Å². The van der Waals surface area contributed by atoms with Gasteiger partial charge in [0, 0.05) is 10.8 Å². The quantitative estimate of drug-likeness (QED) is 0.283. The van der Waals surface area contributed by atoms with Gasteiger partial charge in [0.1, 0.15) is 0 Å². The number of nitro groups is 1. The van der Waals surface area contributed by atoms with E-state index >= 15 is 0 Å². The fraction of sp³-hybridized carbons (Fsp3) is 0.800. The molecule has 1 atom stereocenters. The van der Waals surface area contributed by atoms with Gasteiger partial charge in [-0.15, -0.1) is 0 Å². The summed E-state index contributed by atoms with van der Waals surface area (Å²) in [4.78, 5) is 32.9. The molecule has 0 saturated carbocycles.